The van der Waals surface area contributed by atoms with E-state index in [1.54, 1.807) is 4.68 Å². The highest BCUT2D eigenvalue weighted by atomic mass is 19.1. The molecule has 21 heavy (non-hydrogen) atoms. The summed E-state index contributed by atoms with van der Waals surface area (Å²) < 4.78 is 29.0. The fourth-order valence-corrected chi connectivity index (χ4v) is 1.96. The average Bonchev–Trinajstić information content (AvgIpc) is 2.75. The highest BCUT2D eigenvalue weighted by Gasteiger charge is 2.12. The van der Waals surface area contributed by atoms with E-state index in [0.29, 0.717) is 13.1 Å². The van der Waals surface area contributed by atoms with Crippen molar-refractivity contribution in [1.82, 2.24) is 14.8 Å². The molecule has 0 aliphatic rings. The third-order valence-corrected chi connectivity index (χ3v) is 3.03. The quantitative estimate of drug-likeness (QED) is 0.860. The molecule has 2 aromatic heterocycles. The first-order valence-electron chi connectivity index (χ1n) is 6.84. The van der Waals surface area contributed by atoms with Crippen LogP contribution in [0.1, 0.15) is 24.6 Å². The van der Waals surface area contributed by atoms with E-state index in [1.165, 1.54) is 0 Å². The van der Waals surface area contributed by atoms with Crippen LogP contribution in [0.4, 0.5) is 20.4 Å². The summed E-state index contributed by atoms with van der Waals surface area (Å²) in [6, 6.07) is 0.837. The molecule has 2 N–H and O–H groups in total. The maximum absolute atomic E-state index is 13.7. The summed E-state index contributed by atoms with van der Waals surface area (Å²) in [7, 11) is 1.82. The van der Waals surface area contributed by atoms with Gasteiger partial charge < -0.3 is 10.6 Å². The number of aryl methyl sites for hydroxylation is 2. The van der Waals surface area contributed by atoms with E-state index in [2.05, 4.69) is 20.7 Å². The first kappa shape index (κ1) is 15.2. The molecule has 2 rings (SSSR count). The largest absolute Gasteiger partial charge is 0.368 e. The Kier molecular flexibility index (Phi) is 4.72. The summed E-state index contributed by atoms with van der Waals surface area (Å²) in [6.07, 6.45) is 2.68. The number of rotatable bonds is 6. The van der Waals surface area contributed by atoms with E-state index < -0.39 is 11.6 Å². The second kappa shape index (κ2) is 6.51. The molecule has 2 aromatic rings. The molecule has 114 valence electrons. The van der Waals surface area contributed by atoms with Gasteiger partial charge in [0.25, 0.3) is 0 Å². The number of aromatic nitrogens is 3. The molecule has 0 unspecified atom stereocenters. The van der Waals surface area contributed by atoms with Crippen LogP contribution in [0.2, 0.25) is 0 Å². The Morgan fingerprint density at radius 1 is 1.19 bits per heavy atom. The first-order valence-corrected chi connectivity index (χ1v) is 6.84. The van der Waals surface area contributed by atoms with E-state index in [9.17, 15) is 8.78 Å². The molecular formula is C14H19F2N5. The van der Waals surface area contributed by atoms with Crippen molar-refractivity contribution in [3.63, 3.8) is 0 Å². The molecule has 0 atom stereocenters. The number of hydrogen-bond acceptors (Lipinski definition) is 4. The minimum absolute atomic E-state index is 0.0262. The van der Waals surface area contributed by atoms with Gasteiger partial charge in [-0.25, -0.2) is 13.8 Å². The lowest BCUT2D eigenvalue weighted by Crippen LogP contribution is -2.09. The molecule has 0 fully saturated rings. The summed E-state index contributed by atoms with van der Waals surface area (Å²) in [5.41, 5.74) is 1.79. The van der Waals surface area contributed by atoms with Crippen LogP contribution in [-0.4, -0.2) is 21.3 Å². The van der Waals surface area contributed by atoms with Gasteiger partial charge in [0.05, 0.1) is 5.69 Å². The van der Waals surface area contributed by atoms with Gasteiger partial charge >= 0.3 is 0 Å². The summed E-state index contributed by atoms with van der Waals surface area (Å²) in [6.45, 7) is 4.79. The topological polar surface area (TPSA) is 54.8 Å². The second-order valence-electron chi connectivity index (χ2n) is 4.84. The SMILES string of the molecule is CCCNc1nc(NCc2cn(C)nc2C)c(F)cc1F. The Morgan fingerprint density at radius 2 is 1.86 bits per heavy atom. The summed E-state index contributed by atoms with van der Waals surface area (Å²) >= 11 is 0. The zero-order valence-corrected chi connectivity index (χ0v) is 12.4. The molecule has 0 radical (unpaired) electrons. The average molecular weight is 295 g/mol. The lowest BCUT2D eigenvalue weighted by atomic mass is 10.2. The van der Waals surface area contributed by atoms with Crippen molar-refractivity contribution in [1.29, 1.82) is 0 Å². The smallest absolute Gasteiger partial charge is 0.168 e. The molecule has 2 heterocycles. The Balaban J connectivity index is 2.13. The molecule has 0 aliphatic carbocycles. The standard InChI is InChI=1S/C14H19F2N5/c1-4-5-17-13-11(15)6-12(16)14(19-13)18-7-10-8-21(3)20-9(10)2/h6,8H,4-5,7H2,1-3H3,(H2,17,18,19). The fourth-order valence-electron chi connectivity index (χ4n) is 1.96. The van der Waals surface area contributed by atoms with Crippen LogP contribution in [-0.2, 0) is 13.6 Å². The van der Waals surface area contributed by atoms with Crippen molar-refractivity contribution in [2.24, 2.45) is 7.05 Å². The second-order valence-corrected chi connectivity index (χ2v) is 4.84. The Labute approximate surface area is 122 Å². The zero-order valence-electron chi connectivity index (χ0n) is 12.4. The minimum Gasteiger partial charge on any atom is -0.368 e. The lowest BCUT2D eigenvalue weighted by Gasteiger charge is -2.10. The van der Waals surface area contributed by atoms with Gasteiger partial charge in [-0.1, -0.05) is 6.92 Å². The Hall–Kier alpha value is -2.18. The van der Waals surface area contributed by atoms with Crippen LogP contribution in [0.15, 0.2) is 12.3 Å². The van der Waals surface area contributed by atoms with Gasteiger partial charge in [0.1, 0.15) is 0 Å². The number of pyridine rings is 1. The van der Waals surface area contributed by atoms with Crippen molar-refractivity contribution < 1.29 is 8.78 Å². The number of nitrogens with zero attached hydrogens (tertiary/aromatic N) is 3. The first-order chi connectivity index (χ1) is 10.0. The molecule has 5 nitrogen and oxygen atoms in total. The van der Waals surface area contributed by atoms with Gasteiger partial charge in [0, 0.05) is 38.0 Å². The van der Waals surface area contributed by atoms with Crippen molar-refractivity contribution in [3.8, 4) is 0 Å². The molecule has 7 heteroatoms. The van der Waals surface area contributed by atoms with Crippen LogP contribution in [0.25, 0.3) is 0 Å². The maximum Gasteiger partial charge on any atom is 0.168 e. The number of anilines is 2. The van der Waals surface area contributed by atoms with Gasteiger partial charge in [-0.15, -0.1) is 0 Å². The van der Waals surface area contributed by atoms with E-state index in [1.807, 2.05) is 27.1 Å². The number of halogens is 2. The van der Waals surface area contributed by atoms with E-state index in [0.717, 1.165) is 23.7 Å². The van der Waals surface area contributed by atoms with Gasteiger partial charge in [0.2, 0.25) is 0 Å². The van der Waals surface area contributed by atoms with Gasteiger partial charge in [-0.3, -0.25) is 4.68 Å². The summed E-state index contributed by atoms with van der Waals surface area (Å²) in [5, 5.41) is 9.92. The van der Waals surface area contributed by atoms with E-state index in [-0.39, 0.29) is 11.6 Å². The molecule has 0 bridgehead atoms. The molecule has 0 amide bonds. The molecular weight excluding hydrogens is 276 g/mol. The predicted molar refractivity (Wildman–Crippen MR) is 78.2 cm³/mol. The van der Waals surface area contributed by atoms with Gasteiger partial charge in [0.15, 0.2) is 23.3 Å². The minimum atomic E-state index is -0.712. The summed E-state index contributed by atoms with van der Waals surface area (Å²) in [5.74, 6) is -1.32. The monoisotopic (exact) mass is 295 g/mol. The van der Waals surface area contributed by atoms with Crippen LogP contribution in [0.3, 0.4) is 0 Å². The predicted octanol–water partition coefficient (Wildman–Crippen LogP) is 2.84. The van der Waals surface area contributed by atoms with Crippen LogP contribution in [0, 0.1) is 18.6 Å². The van der Waals surface area contributed by atoms with Crippen LogP contribution < -0.4 is 10.6 Å². The fraction of sp³-hybridized carbons (Fsp3) is 0.429. The maximum atomic E-state index is 13.7. The van der Waals surface area contributed by atoms with Crippen LogP contribution >= 0.6 is 0 Å². The van der Waals surface area contributed by atoms with Crippen LogP contribution in [0.5, 0.6) is 0 Å². The molecule has 0 spiro atoms. The number of nitrogens with one attached hydrogen (secondary N) is 2. The van der Waals surface area contributed by atoms with Gasteiger partial charge in [-0.2, -0.15) is 5.10 Å². The highest BCUT2D eigenvalue weighted by molar-refractivity contribution is 5.47. The number of hydrogen-bond donors (Lipinski definition) is 2. The van der Waals surface area contributed by atoms with Gasteiger partial charge in [-0.05, 0) is 13.3 Å². The molecule has 0 saturated heterocycles. The third kappa shape index (κ3) is 3.68. The molecule has 0 aromatic carbocycles. The van der Waals surface area contributed by atoms with Crippen molar-refractivity contribution >= 4 is 11.6 Å². The van der Waals surface area contributed by atoms with Crippen molar-refractivity contribution in [2.75, 3.05) is 17.2 Å². The van der Waals surface area contributed by atoms with E-state index in [4.69, 9.17) is 0 Å². The molecule has 0 aliphatic heterocycles. The van der Waals surface area contributed by atoms with E-state index >= 15 is 0 Å². The summed E-state index contributed by atoms with van der Waals surface area (Å²) in [4.78, 5) is 3.96. The Morgan fingerprint density at radius 3 is 2.43 bits per heavy atom. The molecule has 0 saturated carbocycles. The highest BCUT2D eigenvalue weighted by Crippen LogP contribution is 2.20. The van der Waals surface area contributed by atoms with Crippen molar-refractivity contribution in [3.05, 3.63) is 35.2 Å². The normalized spacial score (nSPS) is 10.7. The van der Waals surface area contributed by atoms with Crippen molar-refractivity contribution in [2.45, 2.75) is 26.8 Å². The lowest BCUT2D eigenvalue weighted by molar-refractivity contribution is 0.577. The Bertz CT molecular complexity index is 624. The zero-order chi connectivity index (χ0) is 15.4. The third-order valence-electron chi connectivity index (χ3n) is 3.03.